The number of hydrogen-bond donors (Lipinski definition) is 1. The SMILES string of the molecule is COc1ccc(/C=C/CSc2nc([C@H](C)c3c(F)cccc3F)c(C)c(=O)[nH]2)cc1. The van der Waals surface area contributed by atoms with E-state index in [2.05, 4.69) is 9.97 Å². The molecule has 0 radical (unpaired) electrons. The maximum Gasteiger partial charge on any atom is 0.254 e. The van der Waals surface area contributed by atoms with Gasteiger partial charge in [0, 0.05) is 22.8 Å². The van der Waals surface area contributed by atoms with E-state index in [4.69, 9.17) is 4.74 Å². The zero-order valence-electron chi connectivity index (χ0n) is 16.9. The van der Waals surface area contributed by atoms with Gasteiger partial charge in [0.2, 0.25) is 0 Å². The molecule has 7 heteroatoms. The molecule has 0 saturated heterocycles. The van der Waals surface area contributed by atoms with E-state index in [1.807, 2.05) is 36.4 Å². The molecule has 30 heavy (non-hydrogen) atoms. The molecule has 3 aromatic rings. The van der Waals surface area contributed by atoms with Gasteiger partial charge in [-0.3, -0.25) is 4.79 Å². The summed E-state index contributed by atoms with van der Waals surface area (Å²) >= 11 is 1.34. The number of thioether (sulfide) groups is 1. The van der Waals surface area contributed by atoms with Gasteiger partial charge in [0.15, 0.2) is 5.16 Å². The first-order valence-corrected chi connectivity index (χ1v) is 10.4. The van der Waals surface area contributed by atoms with Crippen molar-refractivity contribution < 1.29 is 13.5 Å². The highest BCUT2D eigenvalue weighted by atomic mass is 32.2. The molecule has 0 saturated carbocycles. The predicted octanol–water partition coefficient (Wildman–Crippen LogP) is 5.32. The van der Waals surface area contributed by atoms with Crippen LogP contribution >= 0.6 is 11.8 Å². The van der Waals surface area contributed by atoms with Crippen molar-refractivity contribution in [3.05, 3.63) is 92.9 Å². The number of benzene rings is 2. The number of aromatic nitrogens is 2. The van der Waals surface area contributed by atoms with E-state index in [0.717, 1.165) is 11.3 Å². The Hall–Kier alpha value is -2.93. The van der Waals surface area contributed by atoms with Crippen molar-refractivity contribution in [1.29, 1.82) is 0 Å². The molecule has 1 N–H and O–H groups in total. The fourth-order valence-electron chi connectivity index (χ4n) is 3.11. The van der Waals surface area contributed by atoms with Crippen molar-refractivity contribution in [3.8, 4) is 5.75 Å². The van der Waals surface area contributed by atoms with Crippen molar-refractivity contribution in [2.24, 2.45) is 0 Å². The van der Waals surface area contributed by atoms with Gasteiger partial charge >= 0.3 is 0 Å². The summed E-state index contributed by atoms with van der Waals surface area (Å²) in [6.07, 6.45) is 3.91. The quantitative estimate of drug-likeness (QED) is 0.409. The number of ether oxygens (including phenoxy) is 1. The molecule has 156 valence electrons. The van der Waals surface area contributed by atoms with Crippen molar-refractivity contribution in [2.45, 2.75) is 24.9 Å². The molecule has 3 rings (SSSR count). The highest BCUT2D eigenvalue weighted by Gasteiger charge is 2.22. The van der Waals surface area contributed by atoms with Gasteiger partial charge in [-0.2, -0.15) is 0 Å². The summed E-state index contributed by atoms with van der Waals surface area (Å²) in [7, 11) is 1.62. The molecule has 1 aromatic heterocycles. The molecule has 1 atom stereocenters. The maximum absolute atomic E-state index is 14.2. The van der Waals surface area contributed by atoms with E-state index in [9.17, 15) is 13.6 Å². The average Bonchev–Trinajstić information content (AvgIpc) is 2.73. The Morgan fingerprint density at radius 2 is 1.83 bits per heavy atom. The van der Waals surface area contributed by atoms with Crippen molar-refractivity contribution in [1.82, 2.24) is 9.97 Å². The fourth-order valence-corrected chi connectivity index (χ4v) is 3.78. The van der Waals surface area contributed by atoms with Gasteiger partial charge in [0.25, 0.3) is 5.56 Å². The number of nitrogens with one attached hydrogen (secondary N) is 1. The summed E-state index contributed by atoms with van der Waals surface area (Å²) in [6, 6.07) is 11.4. The Labute approximate surface area is 178 Å². The lowest BCUT2D eigenvalue weighted by Gasteiger charge is -2.16. The van der Waals surface area contributed by atoms with E-state index >= 15 is 0 Å². The Morgan fingerprint density at radius 3 is 2.47 bits per heavy atom. The molecule has 0 bridgehead atoms. The van der Waals surface area contributed by atoms with Gasteiger partial charge in [-0.15, -0.1) is 0 Å². The van der Waals surface area contributed by atoms with Crippen molar-refractivity contribution in [2.75, 3.05) is 12.9 Å². The van der Waals surface area contributed by atoms with Crippen LogP contribution in [0.3, 0.4) is 0 Å². The third kappa shape index (κ3) is 4.97. The minimum absolute atomic E-state index is 0.0888. The number of H-pyrrole nitrogens is 1. The van der Waals surface area contributed by atoms with Crippen LogP contribution in [0.5, 0.6) is 5.75 Å². The molecular formula is C23H22F2N2O2S. The molecule has 0 spiro atoms. The van der Waals surface area contributed by atoms with Crippen LogP contribution in [0, 0.1) is 18.6 Å². The largest absolute Gasteiger partial charge is 0.497 e. The number of aromatic amines is 1. The molecule has 0 aliphatic rings. The third-order valence-corrected chi connectivity index (χ3v) is 5.58. The molecule has 4 nitrogen and oxygen atoms in total. The summed E-state index contributed by atoms with van der Waals surface area (Å²) in [5.74, 6) is -0.639. The van der Waals surface area contributed by atoms with Gasteiger partial charge < -0.3 is 9.72 Å². The average molecular weight is 429 g/mol. The Morgan fingerprint density at radius 1 is 1.17 bits per heavy atom. The molecule has 0 fully saturated rings. The van der Waals surface area contributed by atoms with Crippen LogP contribution < -0.4 is 10.3 Å². The minimum Gasteiger partial charge on any atom is -0.497 e. The normalized spacial score (nSPS) is 12.3. The highest BCUT2D eigenvalue weighted by molar-refractivity contribution is 7.99. The Balaban J connectivity index is 1.77. The number of methoxy groups -OCH3 is 1. The Bertz CT molecular complexity index is 1090. The van der Waals surface area contributed by atoms with E-state index in [0.29, 0.717) is 22.2 Å². The van der Waals surface area contributed by atoms with Crippen LogP contribution in [0.1, 0.15) is 35.2 Å². The lowest BCUT2D eigenvalue weighted by atomic mass is 9.94. The van der Waals surface area contributed by atoms with Crippen LogP contribution in [0.4, 0.5) is 8.78 Å². The smallest absolute Gasteiger partial charge is 0.254 e. The molecule has 0 aliphatic heterocycles. The number of rotatable bonds is 7. The maximum atomic E-state index is 14.2. The second-order valence-corrected chi connectivity index (χ2v) is 7.73. The molecule has 1 heterocycles. The summed E-state index contributed by atoms with van der Waals surface area (Å²) < 4.78 is 33.5. The lowest BCUT2D eigenvalue weighted by Crippen LogP contribution is -2.18. The summed E-state index contributed by atoms with van der Waals surface area (Å²) in [5.41, 5.74) is 1.33. The van der Waals surface area contributed by atoms with E-state index in [-0.39, 0.29) is 11.1 Å². The van der Waals surface area contributed by atoms with E-state index < -0.39 is 17.6 Å². The molecule has 0 amide bonds. The Kier molecular flexibility index (Phi) is 7.05. The predicted molar refractivity (Wildman–Crippen MR) is 116 cm³/mol. The van der Waals surface area contributed by atoms with E-state index in [1.165, 1.54) is 30.0 Å². The zero-order valence-corrected chi connectivity index (χ0v) is 17.7. The first kappa shape index (κ1) is 21.8. The zero-order chi connectivity index (χ0) is 21.7. The van der Waals surface area contributed by atoms with Gasteiger partial charge in [0.05, 0.1) is 12.8 Å². The van der Waals surface area contributed by atoms with Gasteiger partial charge in [-0.1, -0.05) is 49.0 Å². The molecule has 0 aliphatic carbocycles. The van der Waals surface area contributed by atoms with Gasteiger partial charge in [-0.05, 0) is 36.8 Å². The van der Waals surface area contributed by atoms with Crippen molar-refractivity contribution in [3.63, 3.8) is 0 Å². The monoisotopic (exact) mass is 428 g/mol. The van der Waals surface area contributed by atoms with Crippen LogP contribution in [-0.4, -0.2) is 22.8 Å². The van der Waals surface area contributed by atoms with E-state index in [1.54, 1.807) is 21.0 Å². The highest BCUT2D eigenvalue weighted by Crippen LogP contribution is 2.29. The number of halogens is 2. The first-order chi connectivity index (χ1) is 14.4. The lowest BCUT2D eigenvalue weighted by molar-refractivity contribution is 0.415. The van der Waals surface area contributed by atoms with Gasteiger partial charge in [-0.25, -0.2) is 13.8 Å². The van der Waals surface area contributed by atoms with Crippen LogP contribution in [0.2, 0.25) is 0 Å². The number of hydrogen-bond acceptors (Lipinski definition) is 4. The second-order valence-electron chi connectivity index (χ2n) is 6.72. The first-order valence-electron chi connectivity index (χ1n) is 9.38. The third-order valence-electron chi connectivity index (χ3n) is 4.75. The molecule has 0 unspecified atom stereocenters. The van der Waals surface area contributed by atoms with Crippen molar-refractivity contribution >= 4 is 17.8 Å². The fraction of sp³-hybridized carbons (Fsp3) is 0.217. The van der Waals surface area contributed by atoms with Crippen LogP contribution in [0.15, 0.2) is 58.5 Å². The second kappa shape index (κ2) is 9.71. The minimum atomic E-state index is -0.692. The van der Waals surface area contributed by atoms with Gasteiger partial charge in [0.1, 0.15) is 17.4 Å². The topological polar surface area (TPSA) is 55.0 Å². The summed E-state index contributed by atoms with van der Waals surface area (Å²) in [5, 5.41) is 0.406. The summed E-state index contributed by atoms with van der Waals surface area (Å²) in [6.45, 7) is 3.25. The summed E-state index contributed by atoms with van der Waals surface area (Å²) in [4.78, 5) is 19.6. The standard InChI is InChI=1S/C23H22F2N2O2S/c1-14(20-18(24)7-4-8-19(20)25)21-15(2)22(28)27-23(26-21)30-13-5-6-16-9-11-17(29-3)12-10-16/h4-12,14H,13H2,1-3H3,(H,26,27,28)/b6-5+/t14-/m1/s1. The van der Waals surface area contributed by atoms with Crippen LogP contribution in [0.25, 0.3) is 6.08 Å². The molecule has 2 aromatic carbocycles. The van der Waals surface area contributed by atoms with Crippen LogP contribution in [-0.2, 0) is 0 Å². The number of nitrogens with zero attached hydrogens (tertiary/aromatic N) is 1. The molecular weight excluding hydrogens is 406 g/mol.